The minimum Gasteiger partial charge on any atom is -0.389 e. The normalized spacial score (nSPS) is 15.8. The van der Waals surface area contributed by atoms with Crippen molar-refractivity contribution in [2.24, 2.45) is 0 Å². The zero-order chi connectivity index (χ0) is 20.3. The number of aromatic nitrogens is 2. The lowest BCUT2D eigenvalue weighted by molar-refractivity contribution is 0.228. The molecule has 1 atom stereocenters. The molecule has 4 aromatic rings. The van der Waals surface area contributed by atoms with E-state index < -0.39 is 6.10 Å². The quantitative estimate of drug-likeness (QED) is 0.441. The van der Waals surface area contributed by atoms with Gasteiger partial charge in [-0.15, -0.1) is 0 Å². The molecule has 1 aromatic heterocycles. The Balaban J connectivity index is 1.58. The van der Waals surface area contributed by atoms with Gasteiger partial charge < -0.3 is 10.1 Å². The van der Waals surface area contributed by atoms with E-state index in [1.807, 2.05) is 36.4 Å². The third-order valence-electron chi connectivity index (χ3n) is 5.40. The molecule has 1 heterocycles. The maximum Gasteiger partial charge on any atom is 0.134 e. The summed E-state index contributed by atoms with van der Waals surface area (Å²) in [6.45, 7) is 0. The monoisotopic (exact) mass is 390 g/mol. The molecule has 0 saturated carbocycles. The van der Waals surface area contributed by atoms with Crippen molar-refractivity contribution in [1.29, 1.82) is 0 Å². The van der Waals surface area contributed by atoms with Crippen molar-refractivity contribution < 1.29 is 5.11 Å². The molecule has 0 fully saturated rings. The molecule has 0 saturated heterocycles. The summed E-state index contributed by atoms with van der Waals surface area (Å²) in [6, 6.07) is 29.1. The molecule has 2 N–H and O–H groups in total. The summed E-state index contributed by atoms with van der Waals surface area (Å²) in [7, 11) is 0. The highest BCUT2D eigenvalue weighted by Crippen LogP contribution is 2.34. The van der Waals surface area contributed by atoms with Crippen LogP contribution in [-0.4, -0.2) is 21.2 Å². The molecule has 3 aromatic carbocycles. The van der Waals surface area contributed by atoms with Crippen LogP contribution < -0.4 is 0 Å². The lowest BCUT2D eigenvalue weighted by Gasteiger charge is -2.11. The van der Waals surface area contributed by atoms with Crippen molar-refractivity contribution in [3.05, 3.63) is 109 Å². The number of aliphatic hydroxyl groups is 1. The zero-order valence-electron chi connectivity index (χ0n) is 16.5. The van der Waals surface area contributed by atoms with Gasteiger partial charge in [-0.1, -0.05) is 103 Å². The topological polar surface area (TPSA) is 48.9 Å². The van der Waals surface area contributed by atoms with Crippen LogP contribution in [0.2, 0.25) is 0 Å². The largest absolute Gasteiger partial charge is 0.389 e. The summed E-state index contributed by atoms with van der Waals surface area (Å²) < 4.78 is 0. The van der Waals surface area contributed by atoms with Gasteiger partial charge in [0.05, 0.1) is 17.5 Å². The van der Waals surface area contributed by atoms with Crippen molar-refractivity contribution >= 4 is 5.57 Å². The van der Waals surface area contributed by atoms with Crippen LogP contribution in [-0.2, 0) is 0 Å². The maximum absolute atomic E-state index is 10.0. The van der Waals surface area contributed by atoms with Crippen LogP contribution in [0.4, 0.5) is 0 Å². The molecule has 1 aliphatic rings. The second-order valence-electron chi connectivity index (χ2n) is 7.47. The summed E-state index contributed by atoms with van der Waals surface area (Å²) in [5, 5.41) is 10.0. The fraction of sp³-hybridized carbons (Fsp3) is 0.0741. The molecule has 5 rings (SSSR count). The number of rotatable bonds is 4. The number of allylic oxidation sites excluding steroid dienone is 2. The van der Waals surface area contributed by atoms with Gasteiger partial charge in [0.1, 0.15) is 5.82 Å². The highest BCUT2D eigenvalue weighted by Gasteiger charge is 2.18. The van der Waals surface area contributed by atoms with Crippen LogP contribution in [0.25, 0.3) is 39.2 Å². The molecule has 0 spiro atoms. The first-order valence-corrected chi connectivity index (χ1v) is 10.1. The molecule has 1 unspecified atom stereocenters. The third-order valence-corrected chi connectivity index (χ3v) is 5.40. The zero-order valence-corrected chi connectivity index (χ0v) is 16.5. The summed E-state index contributed by atoms with van der Waals surface area (Å²) in [6.07, 6.45) is 5.80. The van der Waals surface area contributed by atoms with E-state index in [0.29, 0.717) is 6.42 Å². The third kappa shape index (κ3) is 3.63. The molecule has 30 heavy (non-hydrogen) atoms. The van der Waals surface area contributed by atoms with Crippen molar-refractivity contribution in [2.45, 2.75) is 12.5 Å². The van der Waals surface area contributed by atoms with Crippen molar-refractivity contribution in [2.75, 3.05) is 0 Å². The molecule has 0 radical (unpaired) electrons. The molecular formula is C27H22N2O. The number of nitrogens with one attached hydrogen (secondary N) is 1. The fourth-order valence-corrected chi connectivity index (χ4v) is 3.84. The summed E-state index contributed by atoms with van der Waals surface area (Å²) in [5.74, 6) is 0.805. The minimum atomic E-state index is -0.469. The van der Waals surface area contributed by atoms with Gasteiger partial charge in [-0.25, -0.2) is 4.98 Å². The van der Waals surface area contributed by atoms with Crippen molar-refractivity contribution in [3.63, 3.8) is 0 Å². The molecule has 1 aliphatic carbocycles. The summed E-state index contributed by atoms with van der Waals surface area (Å²) in [5.41, 5.74) is 7.45. The number of imidazole rings is 1. The van der Waals surface area contributed by atoms with E-state index in [1.54, 1.807) is 6.08 Å². The van der Waals surface area contributed by atoms with Crippen LogP contribution in [0, 0.1) is 0 Å². The number of benzene rings is 3. The summed E-state index contributed by atoms with van der Waals surface area (Å²) in [4.78, 5) is 8.45. The van der Waals surface area contributed by atoms with E-state index in [-0.39, 0.29) is 0 Å². The molecule has 0 amide bonds. The van der Waals surface area contributed by atoms with E-state index in [1.165, 1.54) is 11.1 Å². The van der Waals surface area contributed by atoms with Crippen LogP contribution in [0.3, 0.4) is 0 Å². The van der Waals surface area contributed by atoms with Gasteiger partial charge in [0.2, 0.25) is 0 Å². The lowest BCUT2D eigenvalue weighted by atomic mass is 10.0. The number of H-pyrrole nitrogens is 1. The number of aliphatic hydroxyl groups excluding tert-OH is 1. The predicted octanol–water partition coefficient (Wildman–Crippen LogP) is 6.11. The van der Waals surface area contributed by atoms with Gasteiger partial charge in [0.15, 0.2) is 0 Å². The summed E-state index contributed by atoms with van der Waals surface area (Å²) >= 11 is 0. The Kier molecular flexibility index (Phi) is 4.88. The molecule has 3 heteroatoms. The molecular weight excluding hydrogens is 368 g/mol. The van der Waals surface area contributed by atoms with Gasteiger partial charge in [0, 0.05) is 17.5 Å². The van der Waals surface area contributed by atoms with E-state index in [4.69, 9.17) is 4.98 Å². The van der Waals surface area contributed by atoms with Gasteiger partial charge in [-0.3, -0.25) is 0 Å². The van der Waals surface area contributed by atoms with Gasteiger partial charge in [-0.2, -0.15) is 0 Å². The smallest absolute Gasteiger partial charge is 0.134 e. The Morgan fingerprint density at radius 2 is 1.33 bits per heavy atom. The Morgan fingerprint density at radius 3 is 2.00 bits per heavy atom. The Bertz CT molecular complexity index is 1200. The number of aromatic amines is 1. The Morgan fingerprint density at radius 1 is 0.733 bits per heavy atom. The fourth-order valence-electron chi connectivity index (χ4n) is 3.84. The van der Waals surface area contributed by atoms with Gasteiger partial charge in [0.25, 0.3) is 0 Å². The Hall–Kier alpha value is -3.69. The van der Waals surface area contributed by atoms with Crippen LogP contribution in [0.1, 0.15) is 12.2 Å². The number of hydrogen-bond acceptors (Lipinski definition) is 2. The minimum absolute atomic E-state index is 0.469. The van der Waals surface area contributed by atoms with Gasteiger partial charge in [-0.05, 0) is 16.7 Å². The molecule has 0 aliphatic heterocycles. The van der Waals surface area contributed by atoms with E-state index >= 15 is 0 Å². The molecule has 0 bridgehead atoms. The first-order valence-electron chi connectivity index (χ1n) is 10.1. The van der Waals surface area contributed by atoms with Crippen molar-refractivity contribution in [1.82, 2.24) is 9.97 Å². The second-order valence-corrected chi connectivity index (χ2v) is 7.47. The van der Waals surface area contributed by atoms with Crippen LogP contribution in [0.15, 0.2) is 103 Å². The number of hydrogen-bond donors (Lipinski definition) is 2. The highest BCUT2D eigenvalue weighted by atomic mass is 16.3. The van der Waals surface area contributed by atoms with Crippen LogP contribution in [0.5, 0.6) is 0 Å². The SMILES string of the molecule is OC1C=CC=C(c2nc(-c3ccccc3)c(-c3ccc(-c4ccccc4)cc3)[nH]2)C1. The Labute approximate surface area is 176 Å². The lowest BCUT2D eigenvalue weighted by Crippen LogP contribution is -2.06. The van der Waals surface area contributed by atoms with Gasteiger partial charge >= 0.3 is 0 Å². The first-order chi connectivity index (χ1) is 14.8. The van der Waals surface area contributed by atoms with E-state index in [2.05, 4.69) is 65.6 Å². The average molecular weight is 390 g/mol. The standard InChI is InChI=1S/C27H22N2O/c30-24-13-7-12-23(18-24)27-28-25(21-10-5-2-6-11-21)26(29-27)22-16-14-20(15-17-22)19-8-3-1-4-9-19/h1-17,24,30H,18H2,(H,28,29). The van der Waals surface area contributed by atoms with E-state index in [0.717, 1.165) is 33.9 Å². The predicted molar refractivity (Wildman–Crippen MR) is 123 cm³/mol. The molecule has 3 nitrogen and oxygen atoms in total. The van der Waals surface area contributed by atoms with E-state index in [9.17, 15) is 5.11 Å². The molecule has 146 valence electrons. The number of nitrogens with zero attached hydrogens (tertiary/aromatic N) is 1. The first kappa shape index (κ1) is 18.3. The highest BCUT2D eigenvalue weighted by molar-refractivity contribution is 5.82. The van der Waals surface area contributed by atoms with Crippen LogP contribution >= 0.6 is 0 Å². The maximum atomic E-state index is 10.0. The second kappa shape index (κ2) is 7.97. The average Bonchev–Trinajstić information content (AvgIpc) is 3.26. The van der Waals surface area contributed by atoms with Crippen molar-refractivity contribution in [3.8, 4) is 33.6 Å².